The Labute approximate surface area is 126 Å². The molecular weight excluding hydrogens is 274 g/mol. The van der Waals surface area contributed by atoms with Crippen molar-refractivity contribution < 1.29 is 9.59 Å². The Morgan fingerprint density at radius 1 is 1.25 bits per heavy atom. The number of nitrogens with zero attached hydrogens (tertiary/aromatic N) is 2. The van der Waals surface area contributed by atoms with E-state index in [2.05, 4.69) is 10.2 Å². The number of isothiocyanates is 1. The fraction of sp³-hybridized carbons (Fsp3) is 0.786. The van der Waals surface area contributed by atoms with E-state index in [0.717, 1.165) is 0 Å². The van der Waals surface area contributed by atoms with Crippen LogP contribution >= 0.6 is 12.2 Å². The molecule has 0 saturated carbocycles. The van der Waals surface area contributed by atoms with Crippen molar-refractivity contribution in [3.05, 3.63) is 0 Å². The fourth-order valence-electron chi connectivity index (χ4n) is 2.58. The maximum atomic E-state index is 12.6. The summed E-state index contributed by atoms with van der Waals surface area (Å²) in [6.45, 7) is 9.22. The average molecular weight is 299 g/mol. The SMILES string of the molecule is CC(C)[C@H](C(=O)N(C)C)C(N=C=S)(C(N)=O)C(C)(C)C. The Balaban J connectivity index is 6.39. The van der Waals surface area contributed by atoms with E-state index in [1.165, 1.54) is 4.90 Å². The molecule has 5 nitrogen and oxygen atoms in total. The molecule has 0 aliphatic rings. The van der Waals surface area contributed by atoms with Crippen LogP contribution in [0, 0.1) is 17.3 Å². The van der Waals surface area contributed by atoms with E-state index in [4.69, 9.17) is 18.0 Å². The highest BCUT2D eigenvalue weighted by molar-refractivity contribution is 7.78. The zero-order valence-electron chi connectivity index (χ0n) is 13.4. The molecule has 114 valence electrons. The first-order chi connectivity index (χ1) is 8.93. The highest BCUT2D eigenvalue weighted by Gasteiger charge is 2.57. The summed E-state index contributed by atoms with van der Waals surface area (Å²) in [5.74, 6) is -1.66. The van der Waals surface area contributed by atoms with Crippen LogP contribution in [0.3, 0.4) is 0 Å². The first kappa shape index (κ1) is 18.7. The molecule has 0 radical (unpaired) electrons. The number of nitrogens with two attached hydrogens (primary N) is 1. The van der Waals surface area contributed by atoms with Gasteiger partial charge < -0.3 is 10.6 Å². The largest absolute Gasteiger partial charge is 0.367 e. The lowest BCUT2D eigenvalue weighted by atomic mass is 9.62. The molecule has 20 heavy (non-hydrogen) atoms. The molecule has 0 spiro atoms. The minimum Gasteiger partial charge on any atom is -0.367 e. The van der Waals surface area contributed by atoms with Crippen molar-refractivity contribution >= 4 is 29.2 Å². The molecule has 0 aromatic heterocycles. The molecule has 0 rings (SSSR count). The zero-order chi connectivity index (χ0) is 16.3. The molecule has 6 heteroatoms. The molecule has 1 unspecified atom stereocenters. The van der Waals surface area contributed by atoms with Gasteiger partial charge in [-0.05, 0) is 23.6 Å². The summed E-state index contributed by atoms with van der Waals surface area (Å²) in [4.78, 5) is 30.3. The Morgan fingerprint density at radius 2 is 1.70 bits per heavy atom. The molecule has 0 saturated heterocycles. The van der Waals surface area contributed by atoms with Gasteiger partial charge in [-0.25, -0.2) is 4.99 Å². The highest BCUT2D eigenvalue weighted by Crippen LogP contribution is 2.43. The van der Waals surface area contributed by atoms with Crippen LogP contribution in [-0.2, 0) is 9.59 Å². The zero-order valence-corrected chi connectivity index (χ0v) is 14.2. The van der Waals surface area contributed by atoms with Gasteiger partial charge in [0.25, 0.3) is 0 Å². The Morgan fingerprint density at radius 3 is 1.90 bits per heavy atom. The third kappa shape index (κ3) is 3.25. The first-order valence-electron chi connectivity index (χ1n) is 6.53. The molecule has 2 atom stereocenters. The van der Waals surface area contributed by atoms with Crippen LogP contribution in [0.5, 0.6) is 0 Å². The first-order valence-corrected chi connectivity index (χ1v) is 6.94. The molecule has 0 aliphatic heterocycles. The van der Waals surface area contributed by atoms with Crippen LogP contribution in [0.25, 0.3) is 0 Å². The monoisotopic (exact) mass is 299 g/mol. The molecular formula is C14H25N3O2S. The number of rotatable bonds is 5. The van der Waals surface area contributed by atoms with E-state index in [-0.39, 0.29) is 11.8 Å². The lowest BCUT2D eigenvalue weighted by Gasteiger charge is -2.45. The molecule has 0 fully saturated rings. The van der Waals surface area contributed by atoms with Crippen molar-refractivity contribution in [3.8, 4) is 0 Å². The van der Waals surface area contributed by atoms with Crippen LogP contribution in [0.15, 0.2) is 4.99 Å². The van der Waals surface area contributed by atoms with Crippen molar-refractivity contribution in [1.29, 1.82) is 0 Å². The van der Waals surface area contributed by atoms with Gasteiger partial charge in [0.2, 0.25) is 11.8 Å². The molecule has 0 aromatic rings. The van der Waals surface area contributed by atoms with E-state index in [1.807, 2.05) is 34.6 Å². The van der Waals surface area contributed by atoms with Gasteiger partial charge in [-0.15, -0.1) is 0 Å². The standard InChI is InChI=1S/C14H25N3O2S/c1-9(2)10(11(18)17(6)7)14(12(15)19,16-8-20)13(3,4)5/h9-10H,1-7H3,(H2,15,19)/t10-,14?/m1/s1. The number of amides is 2. The van der Waals surface area contributed by atoms with Crippen molar-refractivity contribution in [1.82, 2.24) is 4.90 Å². The van der Waals surface area contributed by atoms with Crippen molar-refractivity contribution in [2.75, 3.05) is 14.1 Å². The van der Waals surface area contributed by atoms with Gasteiger partial charge in [0.05, 0.1) is 11.1 Å². The molecule has 2 amide bonds. The fourth-order valence-corrected chi connectivity index (χ4v) is 2.72. The lowest BCUT2D eigenvalue weighted by Crippen LogP contribution is -2.62. The number of aliphatic imine (C=N–C) groups is 1. The topological polar surface area (TPSA) is 75.8 Å². The van der Waals surface area contributed by atoms with Gasteiger partial charge in [-0.3, -0.25) is 9.59 Å². The summed E-state index contributed by atoms with van der Waals surface area (Å²) in [5, 5.41) is 2.26. The van der Waals surface area contributed by atoms with E-state index >= 15 is 0 Å². The van der Waals surface area contributed by atoms with Crippen LogP contribution in [0.2, 0.25) is 0 Å². The summed E-state index contributed by atoms with van der Waals surface area (Å²) in [6, 6.07) is 0. The molecule has 0 aliphatic carbocycles. The summed E-state index contributed by atoms with van der Waals surface area (Å²) >= 11 is 4.70. The maximum absolute atomic E-state index is 12.6. The smallest absolute Gasteiger partial charge is 0.247 e. The highest BCUT2D eigenvalue weighted by atomic mass is 32.1. The summed E-state index contributed by atoms with van der Waals surface area (Å²) < 4.78 is 0. The van der Waals surface area contributed by atoms with Gasteiger partial charge in [0, 0.05) is 14.1 Å². The summed E-state index contributed by atoms with van der Waals surface area (Å²) in [6.07, 6.45) is 0. The van der Waals surface area contributed by atoms with Gasteiger partial charge in [-0.1, -0.05) is 34.6 Å². The van der Waals surface area contributed by atoms with Crippen molar-refractivity contribution in [2.45, 2.75) is 40.2 Å². The Hall–Kier alpha value is -1.26. The minimum absolute atomic E-state index is 0.122. The van der Waals surface area contributed by atoms with Gasteiger partial charge >= 0.3 is 0 Å². The van der Waals surface area contributed by atoms with Crippen LogP contribution in [0.1, 0.15) is 34.6 Å². The second-order valence-electron chi connectivity index (χ2n) is 6.54. The number of hydrogen-bond acceptors (Lipinski definition) is 4. The number of hydrogen-bond donors (Lipinski definition) is 1. The number of thiocarbonyl (C=S) groups is 1. The number of carbonyl (C=O) groups is 2. The third-order valence-corrected chi connectivity index (χ3v) is 3.66. The van der Waals surface area contributed by atoms with Crippen molar-refractivity contribution in [2.24, 2.45) is 28.0 Å². The van der Waals surface area contributed by atoms with Gasteiger partial charge in [-0.2, -0.15) is 0 Å². The number of primary amides is 1. The lowest BCUT2D eigenvalue weighted by molar-refractivity contribution is -0.146. The van der Waals surface area contributed by atoms with Crippen LogP contribution < -0.4 is 5.73 Å². The van der Waals surface area contributed by atoms with E-state index in [9.17, 15) is 9.59 Å². The van der Waals surface area contributed by atoms with Gasteiger partial charge in [0.15, 0.2) is 5.54 Å². The minimum atomic E-state index is -1.41. The van der Waals surface area contributed by atoms with Crippen LogP contribution in [0.4, 0.5) is 0 Å². The van der Waals surface area contributed by atoms with Crippen molar-refractivity contribution in [3.63, 3.8) is 0 Å². The normalized spacial score (nSPS) is 16.0. The Kier molecular flexibility index (Phi) is 6.05. The Bertz CT molecular complexity index is 430. The second kappa shape index (κ2) is 6.46. The average Bonchev–Trinajstić information content (AvgIpc) is 2.25. The second-order valence-corrected chi connectivity index (χ2v) is 6.72. The quantitative estimate of drug-likeness (QED) is 0.620. The predicted molar refractivity (Wildman–Crippen MR) is 83.4 cm³/mol. The van der Waals surface area contributed by atoms with E-state index < -0.39 is 22.8 Å². The molecule has 2 N–H and O–H groups in total. The van der Waals surface area contributed by atoms with Crippen LogP contribution in [-0.4, -0.2) is 41.5 Å². The maximum Gasteiger partial charge on any atom is 0.247 e. The van der Waals surface area contributed by atoms with E-state index in [0.29, 0.717) is 0 Å². The molecule has 0 bridgehead atoms. The summed E-state index contributed by atoms with van der Waals surface area (Å²) in [5.41, 5.74) is 3.56. The third-order valence-electron chi connectivity index (χ3n) is 3.56. The molecule has 0 heterocycles. The van der Waals surface area contributed by atoms with Gasteiger partial charge in [0.1, 0.15) is 0 Å². The number of carbonyl (C=O) groups excluding carboxylic acids is 2. The predicted octanol–water partition coefficient (Wildman–Crippen LogP) is 1.72. The molecule has 0 aromatic carbocycles. The summed E-state index contributed by atoms with van der Waals surface area (Å²) in [7, 11) is 3.29. The van der Waals surface area contributed by atoms with E-state index in [1.54, 1.807) is 14.1 Å².